The van der Waals surface area contributed by atoms with Gasteiger partial charge in [-0.05, 0) is 37.5 Å². The minimum Gasteiger partial charge on any atom is -1.00 e. The molecule has 0 unspecified atom stereocenters. The predicted octanol–water partition coefficient (Wildman–Crippen LogP) is -0.934. The van der Waals surface area contributed by atoms with E-state index in [1.807, 2.05) is 0 Å². The van der Waals surface area contributed by atoms with Gasteiger partial charge in [0.05, 0.1) is 0 Å². The van der Waals surface area contributed by atoms with Crippen LogP contribution in [0.2, 0.25) is 0 Å². The molecule has 0 N–H and O–H groups in total. The maximum atomic E-state index is 2.38. The Balaban J connectivity index is 0.00000289. The third kappa shape index (κ3) is 6.88. The number of aryl methyl sites for hydroxylation is 4. The first kappa shape index (κ1) is 33.6. The second-order valence-corrected chi connectivity index (χ2v) is 8.93. The Kier molecular flexibility index (Phi) is 14.4. The summed E-state index contributed by atoms with van der Waals surface area (Å²) >= 11 is 0. The van der Waals surface area contributed by atoms with Crippen molar-refractivity contribution in [1.29, 1.82) is 0 Å². The fourth-order valence-electron chi connectivity index (χ4n) is 5.01. The molecule has 0 aromatic heterocycles. The first-order valence-electron chi connectivity index (χ1n) is 11.5. The fourth-order valence-corrected chi connectivity index (χ4v) is 5.01. The van der Waals surface area contributed by atoms with Gasteiger partial charge in [0.15, 0.2) is 0 Å². The van der Waals surface area contributed by atoms with Crippen molar-refractivity contribution in [1.82, 2.24) is 0 Å². The molecule has 0 aliphatic rings. The van der Waals surface area contributed by atoms with Crippen LogP contribution in [0.15, 0.2) is 91.0 Å². The van der Waals surface area contributed by atoms with Gasteiger partial charge in [-0.15, -0.1) is 5.56 Å². The second kappa shape index (κ2) is 15.0. The van der Waals surface area contributed by atoms with Crippen LogP contribution in [0, 0.1) is 20.8 Å². The average molecular weight is 560 g/mol. The summed E-state index contributed by atoms with van der Waals surface area (Å²) in [7, 11) is 0. The first-order valence-corrected chi connectivity index (χ1v) is 11.5. The van der Waals surface area contributed by atoms with Gasteiger partial charge in [-0.1, -0.05) is 116 Å². The van der Waals surface area contributed by atoms with Crippen LogP contribution in [0.3, 0.4) is 0 Å². The Bertz CT molecular complexity index is 1070. The third-order valence-corrected chi connectivity index (χ3v) is 6.46. The molecule has 0 spiro atoms. The molecule has 0 bridgehead atoms. The molecule has 0 aliphatic heterocycles. The monoisotopic (exact) mass is 558 g/mol. The maximum absolute atomic E-state index is 2.38. The van der Waals surface area contributed by atoms with Crippen molar-refractivity contribution in [2.75, 3.05) is 0 Å². The molecule has 0 fully saturated rings. The number of unbranched alkanes of at least 4 members (excludes halogenated alkanes) is 1. The predicted molar refractivity (Wildman–Crippen MR) is 133 cm³/mol. The van der Waals surface area contributed by atoms with Gasteiger partial charge in [0.1, 0.15) is 0 Å². The number of rotatable bonds is 7. The summed E-state index contributed by atoms with van der Waals surface area (Å²) in [5, 5.41) is 0. The molecule has 0 heterocycles. The molecule has 0 nitrogen and oxygen atoms in total. The van der Waals surface area contributed by atoms with Gasteiger partial charge in [0, 0.05) is 5.41 Å². The summed E-state index contributed by atoms with van der Waals surface area (Å²) in [6, 6.07) is 34.2. The zero-order valence-electron chi connectivity index (χ0n) is 20.9. The molecule has 4 heteroatoms. The summed E-state index contributed by atoms with van der Waals surface area (Å²) in [6.07, 6.45) is 3.53. The van der Waals surface area contributed by atoms with Gasteiger partial charge in [-0.3, -0.25) is 0 Å². The standard InChI is InChI=1S/C31H33.3ClH.Ti/c1-5-6-14-26-15-10-19-30(26)31(27-16-7-11-23(2)20-27,28-17-8-12-24(3)21-28)29-18-9-13-25(4)22-29;;;;/h7-13,15-22H,5-6,14H2,1-4H3;3*1H;/q-1;;;;+4/p-3. The van der Waals surface area contributed by atoms with Crippen molar-refractivity contribution < 1.29 is 58.9 Å². The van der Waals surface area contributed by atoms with Crippen LogP contribution in [0.25, 0.3) is 0 Å². The van der Waals surface area contributed by atoms with Crippen molar-refractivity contribution in [3.8, 4) is 0 Å². The molecule has 4 rings (SSSR count). The van der Waals surface area contributed by atoms with Gasteiger partial charge in [-0.25, -0.2) is 12.1 Å². The molecule has 0 saturated carbocycles. The van der Waals surface area contributed by atoms with E-state index in [0.29, 0.717) is 0 Å². The first-order chi connectivity index (χ1) is 15.1. The third-order valence-electron chi connectivity index (χ3n) is 6.46. The van der Waals surface area contributed by atoms with E-state index in [9.17, 15) is 0 Å². The number of halogens is 3. The van der Waals surface area contributed by atoms with Crippen molar-refractivity contribution >= 4 is 0 Å². The average Bonchev–Trinajstić information content (AvgIpc) is 3.22. The summed E-state index contributed by atoms with van der Waals surface area (Å²) in [5.41, 5.74) is 10.5. The molecule has 0 radical (unpaired) electrons. The van der Waals surface area contributed by atoms with Crippen molar-refractivity contribution in [3.63, 3.8) is 0 Å². The van der Waals surface area contributed by atoms with E-state index >= 15 is 0 Å². The van der Waals surface area contributed by atoms with Crippen LogP contribution in [0.5, 0.6) is 0 Å². The van der Waals surface area contributed by atoms with Crippen LogP contribution in [0.4, 0.5) is 0 Å². The topological polar surface area (TPSA) is 0 Å². The van der Waals surface area contributed by atoms with Crippen LogP contribution in [-0.4, -0.2) is 0 Å². The van der Waals surface area contributed by atoms with E-state index in [1.165, 1.54) is 57.3 Å². The summed E-state index contributed by atoms with van der Waals surface area (Å²) in [4.78, 5) is 0. The van der Waals surface area contributed by atoms with Crippen molar-refractivity contribution in [2.24, 2.45) is 0 Å². The number of benzene rings is 3. The summed E-state index contributed by atoms with van der Waals surface area (Å²) < 4.78 is 0. The Labute approximate surface area is 245 Å². The number of hydrogen-bond donors (Lipinski definition) is 0. The van der Waals surface area contributed by atoms with Crippen molar-refractivity contribution in [3.05, 3.63) is 136 Å². The van der Waals surface area contributed by atoms with E-state index < -0.39 is 0 Å². The quantitative estimate of drug-likeness (QED) is 0.156. The van der Waals surface area contributed by atoms with Crippen LogP contribution in [-0.2, 0) is 33.6 Å². The van der Waals surface area contributed by atoms with Crippen LogP contribution in [0.1, 0.15) is 64.3 Å². The van der Waals surface area contributed by atoms with E-state index in [4.69, 9.17) is 0 Å². The Morgan fingerprint density at radius 3 is 1.43 bits per heavy atom. The molecule has 0 aliphatic carbocycles. The molecule has 0 amide bonds. The maximum Gasteiger partial charge on any atom is 4.00 e. The SMILES string of the molecule is CCCCc1ccc[c-]1C(c1cccc(C)c1)(c1cccc(C)c1)c1cccc(C)c1.[Cl-].[Cl-].[Cl-].[Ti+4]. The van der Waals surface area contributed by atoms with E-state index in [2.05, 4.69) is 119 Å². The van der Waals surface area contributed by atoms with E-state index in [1.54, 1.807) is 0 Å². The van der Waals surface area contributed by atoms with E-state index in [0.717, 1.165) is 6.42 Å². The van der Waals surface area contributed by atoms with Gasteiger partial charge in [0.2, 0.25) is 0 Å². The molecule has 35 heavy (non-hydrogen) atoms. The molecule has 4 aromatic carbocycles. The largest absolute Gasteiger partial charge is 4.00 e. The summed E-state index contributed by atoms with van der Waals surface area (Å²) in [6.45, 7) is 8.87. The normalized spacial score (nSPS) is 10.3. The fraction of sp³-hybridized carbons (Fsp3) is 0.258. The van der Waals surface area contributed by atoms with Gasteiger partial charge < -0.3 is 37.2 Å². The van der Waals surface area contributed by atoms with Crippen LogP contribution < -0.4 is 37.2 Å². The van der Waals surface area contributed by atoms with E-state index in [-0.39, 0.29) is 64.4 Å². The van der Waals surface area contributed by atoms with Crippen molar-refractivity contribution in [2.45, 2.75) is 52.4 Å². The van der Waals surface area contributed by atoms with Gasteiger partial charge in [-0.2, -0.15) is 11.6 Å². The van der Waals surface area contributed by atoms with Gasteiger partial charge >= 0.3 is 21.7 Å². The molecule has 0 saturated heterocycles. The molecule has 0 atom stereocenters. The minimum absolute atomic E-state index is 0. The minimum atomic E-state index is -0.337. The Morgan fingerprint density at radius 1 is 0.629 bits per heavy atom. The zero-order valence-corrected chi connectivity index (χ0v) is 24.7. The summed E-state index contributed by atoms with van der Waals surface area (Å²) in [5.74, 6) is 0. The Morgan fingerprint density at radius 2 is 1.06 bits per heavy atom. The molecule has 182 valence electrons. The second-order valence-electron chi connectivity index (χ2n) is 8.93. The number of hydrogen-bond acceptors (Lipinski definition) is 0. The molecule has 4 aromatic rings. The molecular formula is C31H33Cl3Ti. The Hall–Kier alpha value is -1.41. The van der Waals surface area contributed by atoms with Crippen LogP contribution >= 0.6 is 0 Å². The smallest absolute Gasteiger partial charge is 1.00 e. The van der Waals surface area contributed by atoms with Gasteiger partial charge in [0.25, 0.3) is 0 Å². The zero-order chi connectivity index (χ0) is 21.8. The molecular weight excluding hydrogens is 527 g/mol.